The zero-order valence-corrected chi connectivity index (χ0v) is 28.8. The normalized spacial score (nSPS) is 22.1. The largest absolute Gasteiger partial charge is 0.464 e. The van der Waals surface area contributed by atoms with Gasteiger partial charge in [0, 0.05) is 31.8 Å². The SMILES string of the molecule is C[C@@H](N[P@](=S)(OC[C@]1(F)C[C@H](C)[C@H](n2cnc3c(N(C)C)nc(N)nc32)O1)Oc1cccc2ccccc12)C(=O)OCC(C)(C)C. The second kappa shape index (κ2) is 13.0. The number of aromatic nitrogens is 4. The Bertz CT molecular complexity index is 1780. The topological polar surface area (TPSA) is 139 Å². The van der Waals surface area contributed by atoms with Gasteiger partial charge in [-0.15, -0.1) is 0 Å². The van der Waals surface area contributed by atoms with Crippen molar-refractivity contribution < 1.29 is 27.7 Å². The van der Waals surface area contributed by atoms with Gasteiger partial charge in [-0.3, -0.25) is 9.36 Å². The number of imidazole rings is 1. The van der Waals surface area contributed by atoms with E-state index in [-0.39, 0.29) is 30.3 Å². The van der Waals surface area contributed by atoms with Crippen LogP contribution < -0.4 is 20.2 Å². The minimum atomic E-state index is -3.58. The van der Waals surface area contributed by atoms with Gasteiger partial charge in [-0.05, 0) is 35.6 Å². The van der Waals surface area contributed by atoms with Crippen molar-refractivity contribution in [1.82, 2.24) is 24.6 Å². The molecular formula is C31H41FN7O5PS. The Morgan fingerprint density at radius 1 is 1.26 bits per heavy atom. The molecule has 15 heteroatoms. The van der Waals surface area contributed by atoms with Gasteiger partial charge in [0.15, 0.2) is 17.0 Å². The summed E-state index contributed by atoms with van der Waals surface area (Å²) < 4.78 is 42.1. The number of nitrogens with zero attached hydrogens (tertiary/aromatic N) is 5. The summed E-state index contributed by atoms with van der Waals surface area (Å²) in [6.07, 6.45) is 0.768. The van der Waals surface area contributed by atoms with Crippen LogP contribution in [0.2, 0.25) is 0 Å². The Labute approximate surface area is 273 Å². The summed E-state index contributed by atoms with van der Waals surface area (Å²) in [6.45, 7) is 5.43. The summed E-state index contributed by atoms with van der Waals surface area (Å²) in [4.78, 5) is 27.8. The molecule has 3 N–H and O–H groups in total. The molecule has 1 saturated heterocycles. The molecule has 1 aliphatic heterocycles. The van der Waals surface area contributed by atoms with Gasteiger partial charge in [0.1, 0.15) is 24.6 Å². The molecule has 248 valence electrons. The maximum Gasteiger partial charge on any atom is 0.323 e. The molecule has 3 heterocycles. The van der Waals surface area contributed by atoms with E-state index in [9.17, 15) is 4.79 Å². The van der Waals surface area contributed by atoms with Crippen molar-refractivity contribution in [3.05, 3.63) is 48.8 Å². The monoisotopic (exact) mass is 673 g/mol. The number of anilines is 2. The first-order valence-electron chi connectivity index (χ1n) is 15.0. The number of ether oxygens (including phenoxy) is 2. The Hall–Kier alpha value is -3.42. The third kappa shape index (κ3) is 7.58. The van der Waals surface area contributed by atoms with Gasteiger partial charge in [-0.25, -0.2) is 14.5 Å². The highest BCUT2D eigenvalue weighted by atomic mass is 32.5. The van der Waals surface area contributed by atoms with Crippen LogP contribution >= 0.6 is 6.64 Å². The van der Waals surface area contributed by atoms with E-state index >= 15 is 4.39 Å². The highest BCUT2D eigenvalue weighted by Crippen LogP contribution is 2.51. The van der Waals surface area contributed by atoms with E-state index in [0.717, 1.165) is 10.8 Å². The lowest BCUT2D eigenvalue weighted by atomic mass is 9.99. The molecule has 0 spiro atoms. The van der Waals surface area contributed by atoms with E-state index in [1.807, 2.05) is 78.2 Å². The first-order chi connectivity index (χ1) is 21.6. The highest BCUT2D eigenvalue weighted by Gasteiger charge is 2.48. The molecule has 1 aliphatic rings. The summed E-state index contributed by atoms with van der Waals surface area (Å²) in [5.74, 6) is -2.04. The molecular weight excluding hydrogens is 632 g/mol. The van der Waals surface area contributed by atoms with Crippen LogP contribution in [0.5, 0.6) is 5.75 Å². The van der Waals surface area contributed by atoms with Gasteiger partial charge in [0.2, 0.25) is 11.8 Å². The molecule has 5 rings (SSSR count). The summed E-state index contributed by atoms with van der Waals surface area (Å²) in [6, 6.07) is 12.3. The van der Waals surface area contributed by atoms with E-state index in [1.54, 1.807) is 28.8 Å². The molecule has 2 aromatic heterocycles. The quantitative estimate of drug-likeness (QED) is 0.148. The van der Waals surface area contributed by atoms with Crippen molar-refractivity contribution >= 4 is 58.1 Å². The van der Waals surface area contributed by atoms with Crippen molar-refractivity contribution in [3.63, 3.8) is 0 Å². The summed E-state index contributed by atoms with van der Waals surface area (Å²) in [5.41, 5.74) is 6.69. The predicted molar refractivity (Wildman–Crippen MR) is 180 cm³/mol. The van der Waals surface area contributed by atoms with Crippen molar-refractivity contribution in [3.8, 4) is 5.75 Å². The number of rotatable bonds is 11. The highest BCUT2D eigenvalue weighted by molar-refractivity contribution is 8.09. The maximum absolute atomic E-state index is 16.5. The number of hydrogen-bond donors (Lipinski definition) is 2. The number of carbonyl (C=O) groups excluding carboxylic acids is 1. The second-order valence-corrected chi connectivity index (χ2v) is 16.2. The smallest absolute Gasteiger partial charge is 0.323 e. The fourth-order valence-electron chi connectivity index (χ4n) is 5.18. The second-order valence-electron chi connectivity index (χ2n) is 13.1. The third-order valence-corrected chi connectivity index (χ3v) is 9.80. The first kappa shape index (κ1) is 33.9. The zero-order valence-electron chi connectivity index (χ0n) is 27.1. The number of nitrogens with two attached hydrogens (primary N) is 1. The van der Waals surface area contributed by atoms with Gasteiger partial charge >= 0.3 is 12.6 Å². The molecule has 2 aromatic carbocycles. The van der Waals surface area contributed by atoms with Gasteiger partial charge in [0.05, 0.1) is 12.9 Å². The molecule has 0 aliphatic carbocycles. The van der Waals surface area contributed by atoms with E-state index in [4.69, 9.17) is 36.1 Å². The predicted octanol–water partition coefficient (Wildman–Crippen LogP) is 5.74. The molecule has 12 nitrogen and oxygen atoms in total. The Morgan fingerprint density at radius 3 is 2.70 bits per heavy atom. The van der Waals surface area contributed by atoms with Crippen molar-refractivity contribution in [2.24, 2.45) is 11.3 Å². The Kier molecular flexibility index (Phi) is 9.59. The average molecular weight is 674 g/mol. The van der Waals surface area contributed by atoms with Crippen LogP contribution in [0, 0.1) is 11.3 Å². The lowest BCUT2D eigenvalue weighted by Gasteiger charge is -2.30. The number of alkyl halides is 1. The van der Waals surface area contributed by atoms with E-state index in [0.29, 0.717) is 22.7 Å². The molecule has 5 atom stereocenters. The van der Waals surface area contributed by atoms with Crippen LogP contribution in [-0.2, 0) is 30.6 Å². The van der Waals surface area contributed by atoms with Gasteiger partial charge in [-0.2, -0.15) is 9.97 Å². The molecule has 4 aromatic rings. The molecule has 0 bridgehead atoms. The Balaban J connectivity index is 1.39. The van der Waals surface area contributed by atoms with Crippen LogP contribution in [-0.4, -0.2) is 64.7 Å². The molecule has 46 heavy (non-hydrogen) atoms. The number of fused-ring (bicyclic) bond motifs is 2. The molecule has 0 saturated carbocycles. The van der Waals surface area contributed by atoms with Crippen LogP contribution in [0.3, 0.4) is 0 Å². The molecule has 0 radical (unpaired) electrons. The van der Waals surface area contributed by atoms with Crippen molar-refractivity contribution in [2.75, 3.05) is 37.9 Å². The number of benzene rings is 2. The first-order valence-corrected chi connectivity index (χ1v) is 17.6. The minimum Gasteiger partial charge on any atom is -0.464 e. The maximum atomic E-state index is 16.5. The Morgan fingerprint density at radius 2 is 1.98 bits per heavy atom. The van der Waals surface area contributed by atoms with Gasteiger partial charge in [0.25, 0.3) is 0 Å². The number of esters is 1. The summed E-state index contributed by atoms with van der Waals surface area (Å²) >= 11 is 5.91. The zero-order chi connectivity index (χ0) is 33.4. The van der Waals surface area contributed by atoms with Crippen LogP contribution in [0.25, 0.3) is 21.9 Å². The number of carbonyl (C=O) groups is 1. The minimum absolute atomic E-state index is 0.00871. The van der Waals surface area contributed by atoms with E-state index in [1.165, 1.54) is 0 Å². The molecule has 0 unspecified atom stereocenters. The number of halogens is 1. The average Bonchev–Trinajstić information content (AvgIpc) is 3.53. The van der Waals surface area contributed by atoms with E-state index in [2.05, 4.69) is 20.0 Å². The van der Waals surface area contributed by atoms with Crippen molar-refractivity contribution in [2.45, 2.75) is 59.2 Å². The molecule has 0 amide bonds. The van der Waals surface area contributed by atoms with Crippen LogP contribution in [0.15, 0.2) is 48.8 Å². The van der Waals surface area contributed by atoms with Crippen LogP contribution in [0.4, 0.5) is 16.2 Å². The third-order valence-electron chi connectivity index (χ3n) is 7.33. The van der Waals surface area contributed by atoms with Crippen molar-refractivity contribution in [1.29, 1.82) is 0 Å². The van der Waals surface area contributed by atoms with Gasteiger partial charge < -0.3 is 29.2 Å². The fourth-order valence-corrected chi connectivity index (χ4v) is 7.59. The van der Waals surface area contributed by atoms with Gasteiger partial charge in [-0.1, -0.05) is 64.1 Å². The van der Waals surface area contributed by atoms with E-state index < -0.39 is 37.3 Å². The number of nitrogen functional groups attached to an aromatic ring is 1. The number of nitrogens with one attached hydrogen (secondary N) is 1. The lowest BCUT2D eigenvalue weighted by Crippen LogP contribution is -2.38. The fraction of sp³-hybridized carbons (Fsp3) is 0.484. The standard InChI is InChI=1S/C31H41FN7O5PS/c1-19-15-31(32,43-27(19)39-18-34-24-25(38(6)7)35-29(33)36-26(24)39)17-42-45(46,37-20(2)28(40)41-16-30(3,4)5)44-23-14-10-12-21-11-8-9-13-22(21)23/h8-14,18-20,27H,15-17H2,1-7H3,(H,37,46)(H2,33,35,36)/t19-,20+,27+,31-,45-/m0/s1. The van der Waals surface area contributed by atoms with Crippen LogP contribution in [0.1, 0.15) is 47.3 Å². The summed E-state index contributed by atoms with van der Waals surface area (Å²) in [7, 11) is 3.64. The number of hydrogen-bond acceptors (Lipinski definition) is 11. The molecule has 1 fully saturated rings. The lowest BCUT2D eigenvalue weighted by molar-refractivity contribution is -0.172. The summed E-state index contributed by atoms with van der Waals surface area (Å²) in [5, 5.41) is 4.73.